The first-order valence-corrected chi connectivity index (χ1v) is 8.70. The summed E-state index contributed by atoms with van der Waals surface area (Å²) in [5, 5.41) is 14.2. The fraction of sp³-hybridized carbons (Fsp3) is 0.526. The van der Waals surface area contributed by atoms with E-state index in [2.05, 4.69) is 10.6 Å². The van der Waals surface area contributed by atoms with Crippen LogP contribution in [0.2, 0.25) is 0 Å². The summed E-state index contributed by atoms with van der Waals surface area (Å²) in [6.45, 7) is 0.381. The average Bonchev–Trinajstić information content (AvgIpc) is 2.60. The summed E-state index contributed by atoms with van der Waals surface area (Å²) < 4.78 is 0. The van der Waals surface area contributed by atoms with E-state index in [-0.39, 0.29) is 18.2 Å². The zero-order valence-corrected chi connectivity index (χ0v) is 14.0. The number of anilines is 1. The molecule has 5 heteroatoms. The van der Waals surface area contributed by atoms with Gasteiger partial charge in [0.15, 0.2) is 0 Å². The third-order valence-electron chi connectivity index (χ3n) is 4.51. The summed E-state index contributed by atoms with van der Waals surface area (Å²) in [6, 6.07) is 9.14. The monoisotopic (exact) mass is 327 g/mol. The Morgan fingerprint density at radius 3 is 2.62 bits per heavy atom. The molecule has 128 valence electrons. The van der Waals surface area contributed by atoms with Crippen molar-refractivity contribution in [2.24, 2.45) is 5.92 Å². The molecule has 0 heterocycles. The molecule has 1 fully saturated rings. The summed E-state index contributed by atoms with van der Waals surface area (Å²) >= 11 is 0. The summed E-state index contributed by atoms with van der Waals surface area (Å²) in [4.78, 5) is 23.6. The lowest BCUT2D eigenvalue weighted by atomic mass is 9.86. The summed E-state index contributed by atoms with van der Waals surface area (Å²) in [5.74, 6) is 0.411. The van der Waals surface area contributed by atoms with Crippen LogP contribution < -0.4 is 10.6 Å². The minimum atomic E-state index is -0.339. The van der Waals surface area contributed by atoms with Crippen molar-refractivity contribution in [3.05, 3.63) is 29.8 Å². The smallest absolute Gasteiger partial charge is 0.238 e. The molecule has 0 aliphatic heterocycles. The van der Waals surface area contributed by atoms with Gasteiger partial charge in [0.2, 0.25) is 11.8 Å². The van der Waals surface area contributed by atoms with Crippen LogP contribution in [0, 0.1) is 17.2 Å². The number of rotatable bonds is 7. The summed E-state index contributed by atoms with van der Waals surface area (Å²) in [6.07, 6.45) is 7.77. The number of amides is 2. The lowest BCUT2D eigenvalue weighted by Crippen LogP contribution is -2.24. The zero-order chi connectivity index (χ0) is 17.2. The van der Waals surface area contributed by atoms with Crippen LogP contribution >= 0.6 is 0 Å². The molecule has 0 unspecified atom stereocenters. The predicted molar refractivity (Wildman–Crippen MR) is 93.0 cm³/mol. The highest BCUT2D eigenvalue weighted by Crippen LogP contribution is 2.27. The Hall–Kier alpha value is -2.35. The molecule has 2 N–H and O–H groups in total. The van der Waals surface area contributed by atoms with E-state index in [1.54, 1.807) is 6.07 Å². The minimum Gasteiger partial charge on any atom is -0.352 e. The van der Waals surface area contributed by atoms with Crippen LogP contribution in [-0.4, -0.2) is 11.8 Å². The molecule has 5 nitrogen and oxygen atoms in total. The Balaban J connectivity index is 1.79. The maximum atomic E-state index is 12.1. The van der Waals surface area contributed by atoms with Gasteiger partial charge in [-0.2, -0.15) is 5.26 Å². The second kappa shape index (κ2) is 9.71. The quantitative estimate of drug-likeness (QED) is 0.804. The molecule has 1 aromatic rings. The van der Waals surface area contributed by atoms with Crippen LogP contribution in [0.15, 0.2) is 24.3 Å². The van der Waals surface area contributed by atoms with Crippen LogP contribution in [0.4, 0.5) is 5.69 Å². The maximum absolute atomic E-state index is 12.1. The molecular formula is C19H25N3O2. The molecular weight excluding hydrogens is 302 g/mol. The molecule has 2 rings (SSSR count). The molecule has 2 amide bonds. The summed E-state index contributed by atoms with van der Waals surface area (Å²) in [7, 11) is 0. The number of hydrogen-bond donors (Lipinski definition) is 2. The van der Waals surface area contributed by atoms with E-state index < -0.39 is 0 Å². The van der Waals surface area contributed by atoms with Gasteiger partial charge in [-0.05, 0) is 24.0 Å². The molecule has 0 aromatic heterocycles. The van der Waals surface area contributed by atoms with Gasteiger partial charge < -0.3 is 10.6 Å². The van der Waals surface area contributed by atoms with E-state index in [0.717, 1.165) is 12.0 Å². The van der Waals surface area contributed by atoms with Gasteiger partial charge in [-0.25, -0.2) is 0 Å². The van der Waals surface area contributed by atoms with Crippen molar-refractivity contribution in [2.75, 3.05) is 5.32 Å². The van der Waals surface area contributed by atoms with Gasteiger partial charge in [-0.15, -0.1) is 0 Å². The normalized spacial score (nSPS) is 14.6. The van der Waals surface area contributed by atoms with Crippen LogP contribution in [0.1, 0.15) is 56.9 Å². The molecule has 0 atom stereocenters. The van der Waals surface area contributed by atoms with Crippen LogP contribution in [-0.2, 0) is 16.1 Å². The molecule has 0 spiro atoms. The second-order valence-electron chi connectivity index (χ2n) is 6.36. The Bertz CT molecular complexity index is 601. The van der Waals surface area contributed by atoms with Crippen molar-refractivity contribution in [3.63, 3.8) is 0 Å². The zero-order valence-electron chi connectivity index (χ0n) is 14.0. The first-order chi connectivity index (χ1) is 11.7. The minimum absolute atomic E-state index is 0.0544. The standard InChI is InChI=1S/C19H25N3O2/c20-13-12-19(24)22-17-9-5-4-8-16(17)14-21-18(23)11-10-15-6-2-1-3-7-15/h4-5,8-9,15H,1-3,6-7,10-12,14H2,(H,21,23)(H,22,24). The molecule has 0 saturated heterocycles. The number of nitrogens with one attached hydrogen (secondary N) is 2. The number of nitriles is 1. The molecule has 1 aliphatic rings. The van der Waals surface area contributed by atoms with Crippen molar-refractivity contribution in [1.29, 1.82) is 5.26 Å². The molecule has 24 heavy (non-hydrogen) atoms. The van der Waals surface area contributed by atoms with Gasteiger partial charge in [0, 0.05) is 18.7 Å². The number of carbonyl (C=O) groups excluding carboxylic acids is 2. The van der Waals surface area contributed by atoms with Gasteiger partial charge in [0.25, 0.3) is 0 Å². The number of carbonyl (C=O) groups is 2. The Morgan fingerprint density at radius 1 is 1.12 bits per heavy atom. The van der Waals surface area contributed by atoms with Crippen molar-refractivity contribution >= 4 is 17.5 Å². The van der Waals surface area contributed by atoms with Gasteiger partial charge >= 0.3 is 0 Å². The third kappa shape index (κ3) is 6.04. The molecule has 0 bridgehead atoms. The van der Waals surface area contributed by atoms with Crippen molar-refractivity contribution in [3.8, 4) is 6.07 Å². The first-order valence-electron chi connectivity index (χ1n) is 8.70. The molecule has 1 saturated carbocycles. The molecule has 1 aromatic carbocycles. The fourth-order valence-corrected chi connectivity index (χ4v) is 3.16. The highest BCUT2D eigenvalue weighted by Gasteiger charge is 2.15. The van der Waals surface area contributed by atoms with Crippen LogP contribution in [0.5, 0.6) is 0 Å². The number of benzene rings is 1. The third-order valence-corrected chi connectivity index (χ3v) is 4.51. The van der Waals surface area contributed by atoms with E-state index in [0.29, 0.717) is 24.6 Å². The Labute approximate surface area is 143 Å². The van der Waals surface area contributed by atoms with E-state index in [9.17, 15) is 9.59 Å². The topological polar surface area (TPSA) is 82.0 Å². The molecule has 0 radical (unpaired) electrons. The average molecular weight is 327 g/mol. The van der Waals surface area contributed by atoms with Gasteiger partial charge in [-0.1, -0.05) is 50.3 Å². The van der Waals surface area contributed by atoms with Crippen molar-refractivity contribution < 1.29 is 9.59 Å². The lowest BCUT2D eigenvalue weighted by molar-refractivity contribution is -0.121. The molecule has 1 aliphatic carbocycles. The fourth-order valence-electron chi connectivity index (χ4n) is 3.16. The largest absolute Gasteiger partial charge is 0.352 e. The number of nitrogens with zero attached hydrogens (tertiary/aromatic N) is 1. The first kappa shape index (κ1) is 18.0. The lowest BCUT2D eigenvalue weighted by Gasteiger charge is -2.21. The van der Waals surface area contributed by atoms with E-state index in [1.165, 1.54) is 32.1 Å². The summed E-state index contributed by atoms with van der Waals surface area (Å²) in [5.41, 5.74) is 1.49. The SMILES string of the molecule is N#CCC(=O)Nc1ccccc1CNC(=O)CCC1CCCCC1. The second-order valence-corrected chi connectivity index (χ2v) is 6.36. The van der Waals surface area contributed by atoms with Gasteiger partial charge in [0.1, 0.15) is 6.42 Å². The Morgan fingerprint density at radius 2 is 1.88 bits per heavy atom. The maximum Gasteiger partial charge on any atom is 0.238 e. The number of hydrogen-bond acceptors (Lipinski definition) is 3. The van der Waals surface area contributed by atoms with E-state index in [1.807, 2.05) is 24.3 Å². The van der Waals surface area contributed by atoms with Crippen molar-refractivity contribution in [1.82, 2.24) is 5.32 Å². The highest BCUT2D eigenvalue weighted by atomic mass is 16.2. The van der Waals surface area contributed by atoms with Gasteiger partial charge in [0.05, 0.1) is 6.07 Å². The van der Waals surface area contributed by atoms with Crippen molar-refractivity contribution in [2.45, 2.75) is 57.9 Å². The number of para-hydroxylation sites is 1. The van der Waals surface area contributed by atoms with Gasteiger partial charge in [-0.3, -0.25) is 9.59 Å². The highest BCUT2D eigenvalue weighted by molar-refractivity contribution is 5.92. The van der Waals surface area contributed by atoms with Crippen LogP contribution in [0.25, 0.3) is 0 Å². The van der Waals surface area contributed by atoms with E-state index >= 15 is 0 Å². The predicted octanol–water partition coefficient (Wildman–Crippen LogP) is 3.52. The van der Waals surface area contributed by atoms with Crippen LogP contribution in [0.3, 0.4) is 0 Å². The Kier molecular flexibility index (Phi) is 7.28. The van der Waals surface area contributed by atoms with E-state index in [4.69, 9.17) is 5.26 Å².